The Morgan fingerprint density at radius 3 is 2.50 bits per heavy atom. The van der Waals surface area contributed by atoms with Crippen LogP contribution in [0.15, 0.2) is 11.8 Å². The molecule has 80 valence electrons. The van der Waals surface area contributed by atoms with Crippen molar-refractivity contribution in [2.75, 3.05) is 13.2 Å². The van der Waals surface area contributed by atoms with Crippen LogP contribution in [0.2, 0.25) is 0 Å². The van der Waals surface area contributed by atoms with Crippen LogP contribution in [0.1, 0.15) is 26.7 Å². The lowest BCUT2D eigenvalue weighted by atomic mass is 9.94. The van der Waals surface area contributed by atoms with Gasteiger partial charge in [-0.25, -0.2) is 0 Å². The molecule has 0 bridgehead atoms. The molecule has 1 unspecified atom stereocenters. The Morgan fingerprint density at radius 2 is 1.93 bits per heavy atom. The smallest absolute Gasteiger partial charge is 0.154 e. The Bertz CT molecular complexity index is 217. The van der Waals surface area contributed by atoms with Gasteiger partial charge in [0.15, 0.2) is 6.29 Å². The molecule has 3 nitrogen and oxygen atoms in total. The fourth-order valence-electron chi connectivity index (χ4n) is 1.81. The summed E-state index contributed by atoms with van der Waals surface area (Å²) in [4.78, 5) is 0. The van der Waals surface area contributed by atoms with Gasteiger partial charge in [-0.15, -0.1) is 0 Å². The third-order valence-corrected chi connectivity index (χ3v) is 2.88. The number of hydrogen-bond donors (Lipinski definition) is 0. The molecule has 2 aliphatic rings. The van der Waals surface area contributed by atoms with Gasteiger partial charge in [0.2, 0.25) is 0 Å². The summed E-state index contributed by atoms with van der Waals surface area (Å²) >= 11 is 0. The molecule has 1 saturated heterocycles. The summed E-state index contributed by atoms with van der Waals surface area (Å²) in [5, 5.41) is 0. The normalized spacial score (nSPS) is 38.7. The average molecular weight is 198 g/mol. The van der Waals surface area contributed by atoms with Crippen LogP contribution in [0.5, 0.6) is 0 Å². The van der Waals surface area contributed by atoms with Gasteiger partial charge in [-0.05, 0) is 32.3 Å². The Hall–Kier alpha value is -0.540. The Balaban J connectivity index is 1.89. The third kappa shape index (κ3) is 2.28. The molecule has 1 atom stereocenters. The molecule has 0 N–H and O–H groups in total. The number of ether oxygens (including phenoxy) is 3. The first-order chi connectivity index (χ1) is 6.75. The van der Waals surface area contributed by atoms with E-state index in [0.717, 1.165) is 26.1 Å². The lowest BCUT2D eigenvalue weighted by molar-refractivity contribution is -0.185. The Kier molecular flexibility index (Phi) is 3.08. The molecule has 0 saturated carbocycles. The van der Waals surface area contributed by atoms with Crippen molar-refractivity contribution in [3.05, 3.63) is 11.8 Å². The van der Waals surface area contributed by atoms with Gasteiger partial charge in [-0.2, -0.15) is 0 Å². The first-order valence-corrected chi connectivity index (χ1v) is 5.33. The van der Waals surface area contributed by atoms with Gasteiger partial charge in [0.05, 0.1) is 25.6 Å². The van der Waals surface area contributed by atoms with Gasteiger partial charge in [-0.1, -0.05) is 0 Å². The van der Waals surface area contributed by atoms with Gasteiger partial charge in [-0.3, -0.25) is 0 Å². The van der Waals surface area contributed by atoms with Gasteiger partial charge in [0.1, 0.15) is 0 Å². The maximum Gasteiger partial charge on any atom is 0.154 e. The molecule has 2 rings (SSSR count). The minimum Gasteiger partial charge on any atom is -0.498 e. The van der Waals surface area contributed by atoms with Crippen LogP contribution < -0.4 is 0 Å². The van der Waals surface area contributed by atoms with Crippen LogP contribution in [-0.2, 0) is 14.2 Å². The Labute approximate surface area is 85.0 Å². The summed E-state index contributed by atoms with van der Waals surface area (Å²) in [6.45, 7) is 5.57. The molecule has 0 aromatic heterocycles. The molecule has 0 aromatic carbocycles. The summed E-state index contributed by atoms with van der Waals surface area (Å²) in [5.74, 6) is 0.402. The fourth-order valence-corrected chi connectivity index (χ4v) is 1.81. The van der Waals surface area contributed by atoms with Crippen LogP contribution >= 0.6 is 0 Å². The van der Waals surface area contributed by atoms with Crippen LogP contribution in [0, 0.1) is 5.92 Å². The van der Waals surface area contributed by atoms with Gasteiger partial charge < -0.3 is 14.2 Å². The highest BCUT2D eigenvalue weighted by molar-refractivity contribution is 5.07. The molecular weight excluding hydrogens is 180 g/mol. The molecule has 0 aliphatic carbocycles. The summed E-state index contributed by atoms with van der Waals surface area (Å²) in [7, 11) is 0. The molecule has 1 fully saturated rings. The zero-order valence-electron chi connectivity index (χ0n) is 8.86. The van der Waals surface area contributed by atoms with Crippen molar-refractivity contribution >= 4 is 0 Å². The van der Waals surface area contributed by atoms with E-state index in [4.69, 9.17) is 14.2 Å². The SMILES string of the molecule is CC1CCC(C2COC(C)OC2)=CO1. The number of hydrogen-bond acceptors (Lipinski definition) is 3. The molecule has 0 radical (unpaired) electrons. The average Bonchev–Trinajstić information content (AvgIpc) is 2.21. The van der Waals surface area contributed by atoms with Crippen molar-refractivity contribution in [3.63, 3.8) is 0 Å². The maximum atomic E-state index is 5.50. The Morgan fingerprint density at radius 1 is 1.21 bits per heavy atom. The quantitative estimate of drug-likeness (QED) is 0.645. The molecule has 0 spiro atoms. The van der Waals surface area contributed by atoms with Crippen molar-refractivity contribution in [3.8, 4) is 0 Å². The predicted molar refractivity (Wildman–Crippen MR) is 52.7 cm³/mol. The van der Waals surface area contributed by atoms with E-state index in [9.17, 15) is 0 Å². The standard InChI is InChI=1S/C11H18O3/c1-8-3-4-10(5-12-8)11-6-13-9(2)14-7-11/h5,8-9,11H,3-4,6-7H2,1-2H3. The molecular formula is C11H18O3. The van der Waals surface area contributed by atoms with Gasteiger partial charge >= 0.3 is 0 Å². The second-order valence-corrected chi connectivity index (χ2v) is 4.11. The van der Waals surface area contributed by atoms with Gasteiger partial charge in [0.25, 0.3) is 0 Å². The molecule has 0 amide bonds. The fraction of sp³-hybridized carbons (Fsp3) is 0.818. The first kappa shape index (κ1) is 9.99. The van der Waals surface area contributed by atoms with E-state index in [1.165, 1.54) is 5.57 Å². The first-order valence-electron chi connectivity index (χ1n) is 5.33. The summed E-state index contributed by atoms with van der Waals surface area (Å²) in [6.07, 6.45) is 4.45. The summed E-state index contributed by atoms with van der Waals surface area (Å²) < 4.78 is 16.4. The molecule has 2 aliphatic heterocycles. The van der Waals surface area contributed by atoms with Crippen LogP contribution in [-0.4, -0.2) is 25.6 Å². The second kappa shape index (κ2) is 4.32. The van der Waals surface area contributed by atoms with E-state index in [2.05, 4.69) is 6.92 Å². The van der Waals surface area contributed by atoms with E-state index >= 15 is 0 Å². The third-order valence-electron chi connectivity index (χ3n) is 2.88. The van der Waals surface area contributed by atoms with Crippen molar-refractivity contribution < 1.29 is 14.2 Å². The van der Waals surface area contributed by atoms with E-state index in [1.54, 1.807) is 0 Å². The van der Waals surface area contributed by atoms with Crippen molar-refractivity contribution in [2.45, 2.75) is 39.1 Å². The predicted octanol–water partition coefficient (Wildman–Crippen LogP) is 2.08. The highest BCUT2D eigenvalue weighted by Gasteiger charge is 2.24. The number of rotatable bonds is 1. The summed E-state index contributed by atoms with van der Waals surface area (Å²) in [6, 6.07) is 0. The topological polar surface area (TPSA) is 27.7 Å². The van der Waals surface area contributed by atoms with Crippen molar-refractivity contribution in [1.82, 2.24) is 0 Å². The molecule has 14 heavy (non-hydrogen) atoms. The summed E-state index contributed by atoms with van der Waals surface area (Å²) in [5.41, 5.74) is 1.34. The second-order valence-electron chi connectivity index (χ2n) is 4.11. The minimum atomic E-state index is -0.0460. The van der Waals surface area contributed by atoms with Crippen LogP contribution in [0.4, 0.5) is 0 Å². The van der Waals surface area contributed by atoms with Crippen molar-refractivity contribution in [1.29, 1.82) is 0 Å². The zero-order chi connectivity index (χ0) is 9.97. The highest BCUT2D eigenvalue weighted by atomic mass is 16.7. The van der Waals surface area contributed by atoms with E-state index in [-0.39, 0.29) is 6.29 Å². The monoisotopic (exact) mass is 198 g/mol. The molecule has 0 aromatic rings. The van der Waals surface area contributed by atoms with Crippen LogP contribution in [0.25, 0.3) is 0 Å². The van der Waals surface area contributed by atoms with Crippen molar-refractivity contribution in [2.24, 2.45) is 5.92 Å². The van der Waals surface area contributed by atoms with Crippen LogP contribution in [0.3, 0.4) is 0 Å². The van der Waals surface area contributed by atoms with E-state index in [1.807, 2.05) is 13.2 Å². The molecule has 3 heteroatoms. The largest absolute Gasteiger partial charge is 0.498 e. The van der Waals surface area contributed by atoms with E-state index < -0.39 is 0 Å². The lowest BCUT2D eigenvalue weighted by Gasteiger charge is -2.31. The minimum absolute atomic E-state index is 0.0460. The zero-order valence-corrected chi connectivity index (χ0v) is 8.86. The van der Waals surface area contributed by atoms with Gasteiger partial charge in [0, 0.05) is 5.92 Å². The van der Waals surface area contributed by atoms with E-state index in [0.29, 0.717) is 12.0 Å². The molecule has 2 heterocycles. The lowest BCUT2D eigenvalue weighted by Crippen LogP contribution is -2.32. The maximum absolute atomic E-state index is 5.50. The highest BCUT2D eigenvalue weighted by Crippen LogP contribution is 2.26.